The highest BCUT2D eigenvalue weighted by molar-refractivity contribution is 7.89. The molecule has 0 amide bonds. The maximum absolute atomic E-state index is 12.9. The lowest BCUT2D eigenvalue weighted by atomic mass is 10.2. The Morgan fingerprint density at radius 2 is 1.69 bits per heavy atom. The molecule has 0 atom stereocenters. The molecule has 0 fully saturated rings. The Labute approximate surface area is 175 Å². The molecule has 0 bridgehead atoms. The third kappa shape index (κ3) is 4.05. The van der Waals surface area contributed by atoms with Gasteiger partial charge < -0.3 is 4.57 Å². The summed E-state index contributed by atoms with van der Waals surface area (Å²) in [6, 6.07) is 23.9. The number of imidazole rings is 1. The first-order valence-electron chi connectivity index (χ1n) is 9.15. The van der Waals surface area contributed by atoms with Crippen LogP contribution >= 0.6 is 11.6 Å². The van der Waals surface area contributed by atoms with Crippen LogP contribution in [-0.4, -0.2) is 29.3 Å². The summed E-state index contributed by atoms with van der Waals surface area (Å²) >= 11 is 6.14. The van der Waals surface area contributed by atoms with Crippen molar-refractivity contribution in [2.75, 3.05) is 7.05 Å². The normalized spacial score (nSPS) is 12.0. The highest BCUT2D eigenvalue weighted by atomic mass is 35.5. The van der Waals surface area contributed by atoms with Gasteiger partial charge >= 0.3 is 0 Å². The Bertz CT molecular complexity index is 1250. The molecule has 0 spiro atoms. The quantitative estimate of drug-likeness (QED) is 0.455. The zero-order valence-electron chi connectivity index (χ0n) is 15.9. The average molecular weight is 426 g/mol. The number of halogens is 1. The standard InChI is InChI=1S/C22H20ClN3O2S/c1-25(29(27,28)19-10-3-2-4-11-19)16-22-24-20-12-5-6-13-21(20)26(22)15-17-8-7-9-18(23)14-17/h2-14H,15-16H2,1H3. The molecular weight excluding hydrogens is 406 g/mol. The molecule has 0 unspecified atom stereocenters. The minimum absolute atomic E-state index is 0.159. The van der Waals surface area contributed by atoms with E-state index in [1.807, 2.05) is 53.1 Å². The first kappa shape index (κ1) is 19.6. The average Bonchev–Trinajstić information content (AvgIpc) is 3.06. The summed E-state index contributed by atoms with van der Waals surface area (Å²) in [6.07, 6.45) is 0. The van der Waals surface area contributed by atoms with Gasteiger partial charge in [0.2, 0.25) is 10.0 Å². The van der Waals surface area contributed by atoms with Crippen LogP contribution in [0.2, 0.25) is 5.02 Å². The number of sulfonamides is 1. The molecule has 4 aromatic rings. The van der Waals surface area contributed by atoms with Crippen LogP contribution in [0, 0.1) is 0 Å². The maximum atomic E-state index is 12.9. The highest BCUT2D eigenvalue weighted by Crippen LogP contribution is 2.22. The molecule has 0 aliphatic heterocycles. The molecule has 1 aromatic heterocycles. The Balaban J connectivity index is 1.72. The van der Waals surface area contributed by atoms with E-state index in [2.05, 4.69) is 0 Å². The second kappa shape index (κ2) is 7.99. The highest BCUT2D eigenvalue weighted by Gasteiger charge is 2.23. The monoisotopic (exact) mass is 425 g/mol. The van der Waals surface area contributed by atoms with Gasteiger partial charge in [0.15, 0.2) is 0 Å². The van der Waals surface area contributed by atoms with Crippen LogP contribution in [-0.2, 0) is 23.1 Å². The van der Waals surface area contributed by atoms with Gasteiger partial charge in [0.1, 0.15) is 5.82 Å². The fourth-order valence-electron chi connectivity index (χ4n) is 3.30. The van der Waals surface area contributed by atoms with Gasteiger partial charge in [-0.2, -0.15) is 4.31 Å². The zero-order chi connectivity index (χ0) is 20.4. The molecule has 0 aliphatic rings. The molecule has 1 heterocycles. The second-order valence-electron chi connectivity index (χ2n) is 6.81. The SMILES string of the molecule is CN(Cc1nc2ccccc2n1Cc1cccc(Cl)c1)S(=O)(=O)c1ccccc1. The molecule has 7 heteroatoms. The fourth-order valence-corrected chi connectivity index (χ4v) is 4.66. The number of rotatable bonds is 6. The maximum Gasteiger partial charge on any atom is 0.243 e. The zero-order valence-corrected chi connectivity index (χ0v) is 17.4. The molecule has 0 radical (unpaired) electrons. The summed E-state index contributed by atoms with van der Waals surface area (Å²) in [6.45, 7) is 0.710. The predicted octanol–water partition coefficient (Wildman–Crippen LogP) is 4.56. The first-order chi connectivity index (χ1) is 13.9. The van der Waals surface area contributed by atoms with Crippen molar-refractivity contribution in [2.45, 2.75) is 18.0 Å². The van der Waals surface area contributed by atoms with Crippen LogP contribution in [0.15, 0.2) is 83.8 Å². The lowest BCUT2D eigenvalue weighted by Crippen LogP contribution is -2.28. The molecule has 0 N–H and O–H groups in total. The minimum Gasteiger partial charge on any atom is -0.322 e. The van der Waals surface area contributed by atoms with Gasteiger partial charge in [-0.05, 0) is 42.0 Å². The van der Waals surface area contributed by atoms with Crippen LogP contribution in [0.1, 0.15) is 11.4 Å². The van der Waals surface area contributed by atoms with E-state index >= 15 is 0 Å². The van der Waals surface area contributed by atoms with Crippen molar-refractivity contribution in [1.82, 2.24) is 13.9 Å². The number of benzene rings is 3. The molecule has 148 valence electrons. The molecule has 4 rings (SSSR count). The predicted molar refractivity (Wildman–Crippen MR) is 115 cm³/mol. The summed E-state index contributed by atoms with van der Waals surface area (Å²) in [5, 5.41) is 0.664. The van der Waals surface area contributed by atoms with Crippen molar-refractivity contribution >= 4 is 32.7 Å². The van der Waals surface area contributed by atoms with Gasteiger partial charge in [-0.15, -0.1) is 0 Å². The van der Waals surface area contributed by atoms with E-state index in [1.165, 1.54) is 4.31 Å². The number of fused-ring (bicyclic) bond motifs is 1. The second-order valence-corrected chi connectivity index (χ2v) is 9.29. The first-order valence-corrected chi connectivity index (χ1v) is 11.0. The number of hydrogen-bond acceptors (Lipinski definition) is 3. The van der Waals surface area contributed by atoms with Crippen molar-refractivity contribution in [3.63, 3.8) is 0 Å². The van der Waals surface area contributed by atoms with Crippen molar-refractivity contribution in [2.24, 2.45) is 0 Å². The molecule has 0 saturated heterocycles. The van der Waals surface area contributed by atoms with E-state index < -0.39 is 10.0 Å². The van der Waals surface area contributed by atoms with E-state index in [0.29, 0.717) is 17.4 Å². The van der Waals surface area contributed by atoms with Gasteiger partial charge in [0.05, 0.1) is 22.5 Å². The molecule has 29 heavy (non-hydrogen) atoms. The van der Waals surface area contributed by atoms with Crippen molar-refractivity contribution in [1.29, 1.82) is 0 Å². The summed E-state index contributed by atoms with van der Waals surface area (Å²) in [7, 11) is -2.04. The summed E-state index contributed by atoms with van der Waals surface area (Å²) < 4.78 is 29.2. The van der Waals surface area contributed by atoms with Crippen molar-refractivity contribution in [3.8, 4) is 0 Å². The smallest absolute Gasteiger partial charge is 0.243 e. The number of aromatic nitrogens is 2. The van der Waals surface area contributed by atoms with Crippen molar-refractivity contribution < 1.29 is 8.42 Å². The third-order valence-electron chi connectivity index (χ3n) is 4.78. The number of para-hydroxylation sites is 2. The topological polar surface area (TPSA) is 55.2 Å². The van der Waals surface area contributed by atoms with E-state index in [4.69, 9.17) is 16.6 Å². The lowest BCUT2D eigenvalue weighted by Gasteiger charge is -2.18. The Kier molecular flexibility index (Phi) is 5.41. The number of nitrogens with zero attached hydrogens (tertiary/aromatic N) is 3. The summed E-state index contributed by atoms with van der Waals surface area (Å²) in [4.78, 5) is 4.97. The van der Waals surface area contributed by atoms with E-state index in [9.17, 15) is 8.42 Å². The molecule has 0 saturated carbocycles. The lowest BCUT2D eigenvalue weighted by molar-refractivity contribution is 0.450. The van der Waals surface area contributed by atoms with E-state index in [-0.39, 0.29) is 11.4 Å². The third-order valence-corrected chi connectivity index (χ3v) is 6.83. The molecular formula is C22H20ClN3O2S. The Hall–Kier alpha value is -2.67. The van der Waals surface area contributed by atoms with Gasteiger partial charge in [0, 0.05) is 18.6 Å². The van der Waals surface area contributed by atoms with Gasteiger partial charge in [0.25, 0.3) is 0 Å². The Morgan fingerprint density at radius 1 is 0.966 bits per heavy atom. The minimum atomic E-state index is -3.61. The fraction of sp³-hybridized carbons (Fsp3) is 0.136. The molecule has 0 aliphatic carbocycles. The number of hydrogen-bond donors (Lipinski definition) is 0. The largest absolute Gasteiger partial charge is 0.322 e. The summed E-state index contributed by atoms with van der Waals surface area (Å²) in [5.74, 6) is 0.674. The van der Waals surface area contributed by atoms with Gasteiger partial charge in [-0.3, -0.25) is 0 Å². The van der Waals surface area contributed by atoms with E-state index in [1.54, 1.807) is 37.4 Å². The van der Waals surface area contributed by atoms with Crippen LogP contribution in [0.5, 0.6) is 0 Å². The van der Waals surface area contributed by atoms with Crippen LogP contribution in [0.4, 0.5) is 0 Å². The molecule has 5 nitrogen and oxygen atoms in total. The summed E-state index contributed by atoms with van der Waals surface area (Å²) in [5.41, 5.74) is 2.80. The van der Waals surface area contributed by atoms with Gasteiger partial charge in [-0.25, -0.2) is 13.4 Å². The Morgan fingerprint density at radius 3 is 2.45 bits per heavy atom. The molecule has 3 aromatic carbocycles. The van der Waals surface area contributed by atoms with Crippen LogP contribution < -0.4 is 0 Å². The van der Waals surface area contributed by atoms with Crippen LogP contribution in [0.25, 0.3) is 11.0 Å². The van der Waals surface area contributed by atoms with Crippen LogP contribution in [0.3, 0.4) is 0 Å². The van der Waals surface area contributed by atoms with Gasteiger partial charge in [-0.1, -0.05) is 54.1 Å². The van der Waals surface area contributed by atoms with Crippen molar-refractivity contribution in [3.05, 3.63) is 95.3 Å². The van der Waals surface area contributed by atoms with E-state index in [0.717, 1.165) is 16.6 Å².